The average Bonchev–Trinajstić information content (AvgIpc) is 3.65. The maximum atomic E-state index is 10.9. The number of ether oxygens (including phenoxy) is 1. The number of aliphatic hydroxyl groups excluding tert-OH is 3. The van der Waals surface area contributed by atoms with Crippen LogP contribution in [0.4, 0.5) is 0 Å². The van der Waals surface area contributed by atoms with E-state index in [4.69, 9.17) is 28.6 Å². The molecule has 0 radical (unpaired) electrons. The van der Waals surface area contributed by atoms with Gasteiger partial charge in [-0.05, 0) is 73.1 Å². The Morgan fingerprint density at radius 1 is 1.06 bits per heavy atom. The molecule has 0 spiro atoms. The fourth-order valence-electron chi connectivity index (χ4n) is 4.98. The van der Waals surface area contributed by atoms with Crippen molar-refractivity contribution in [1.29, 1.82) is 0 Å². The summed E-state index contributed by atoms with van der Waals surface area (Å²) in [5.74, 6) is 0.705. The number of hydrogen-bond acceptors (Lipinski definition) is 5. The van der Waals surface area contributed by atoms with Crippen LogP contribution in [0.1, 0.15) is 48.6 Å². The largest absolute Gasteiger partial charge is 0.388 e. The van der Waals surface area contributed by atoms with Crippen molar-refractivity contribution in [2.75, 3.05) is 13.1 Å². The van der Waals surface area contributed by atoms with Crippen LogP contribution in [0.2, 0.25) is 5.02 Å². The molecule has 0 unspecified atom stereocenters. The second-order valence-corrected chi connectivity index (χ2v) is 10.5. The predicted molar refractivity (Wildman–Crippen MR) is 144 cm³/mol. The molecule has 5 N–H and O–H groups in total. The third-order valence-electron chi connectivity index (χ3n) is 7.07. The minimum absolute atomic E-state index is 0.174. The second-order valence-electron chi connectivity index (χ2n) is 9.67. The number of aliphatic hydroxyl groups is 3. The lowest BCUT2D eigenvalue weighted by molar-refractivity contribution is -0.241. The maximum absolute atomic E-state index is 10.9. The summed E-state index contributed by atoms with van der Waals surface area (Å²) in [6, 6.07) is 14.3. The van der Waals surface area contributed by atoms with Crippen molar-refractivity contribution in [3.63, 3.8) is 0 Å². The number of rotatable bonds is 7. The molecule has 2 fully saturated rings. The van der Waals surface area contributed by atoms with Crippen LogP contribution in [0.15, 0.2) is 48.7 Å². The molecule has 1 aromatic heterocycles. The number of hydrogen-bond donors (Lipinski definition) is 5. The van der Waals surface area contributed by atoms with E-state index in [1.165, 1.54) is 18.4 Å². The monoisotopic (exact) mass is 529 g/mol. The SMILES string of the molecule is CCNC(=S)NC[C@H]1O[C@@H](n2cc(Cc3ccc(C4CC4)cc3)c3c(Cl)cccc32)[C@H](O)[C@@H](O)[C@@H]1O. The van der Waals surface area contributed by atoms with Crippen molar-refractivity contribution in [2.45, 2.75) is 62.7 Å². The van der Waals surface area contributed by atoms with Crippen molar-refractivity contribution >= 4 is 39.8 Å². The van der Waals surface area contributed by atoms with Gasteiger partial charge in [-0.1, -0.05) is 41.9 Å². The zero-order valence-corrected chi connectivity index (χ0v) is 21.7. The van der Waals surface area contributed by atoms with Gasteiger partial charge < -0.3 is 35.3 Å². The zero-order chi connectivity index (χ0) is 25.4. The lowest BCUT2D eigenvalue weighted by Crippen LogP contribution is -2.58. The number of nitrogens with zero attached hydrogens (tertiary/aromatic N) is 1. The van der Waals surface area contributed by atoms with Gasteiger partial charge in [0.25, 0.3) is 0 Å². The first kappa shape index (κ1) is 25.4. The van der Waals surface area contributed by atoms with Crippen LogP contribution in [0.5, 0.6) is 0 Å². The first-order valence-corrected chi connectivity index (χ1v) is 13.2. The summed E-state index contributed by atoms with van der Waals surface area (Å²) in [6.45, 7) is 2.76. The summed E-state index contributed by atoms with van der Waals surface area (Å²) in [6.07, 6.45) is -0.590. The Morgan fingerprint density at radius 3 is 2.50 bits per heavy atom. The number of nitrogens with one attached hydrogen (secondary N) is 2. The molecule has 2 aromatic carbocycles. The second kappa shape index (κ2) is 10.7. The molecule has 192 valence electrons. The van der Waals surface area contributed by atoms with Gasteiger partial charge in [-0.3, -0.25) is 0 Å². The van der Waals surface area contributed by atoms with E-state index in [0.29, 0.717) is 29.0 Å². The van der Waals surface area contributed by atoms with E-state index < -0.39 is 30.6 Å². The molecule has 1 aliphatic heterocycles. The molecule has 2 heterocycles. The molecule has 0 bridgehead atoms. The van der Waals surface area contributed by atoms with Crippen LogP contribution in [-0.4, -0.2) is 62.5 Å². The summed E-state index contributed by atoms with van der Waals surface area (Å²) < 4.78 is 7.98. The van der Waals surface area contributed by atoms with Crippen molar-refractivity contribution in [1.82, 2.24) is 15.2 Å². The number of thiocarbonyl (C=S) groups is 1. The Morgan fingerprint density at radius 2 is 1.81 bits per heavy atom. The topological polar surface area (TPSA) is 98.9 Å². The van der Waals surface area contributed by atoms with E-state index in [1.807, 2.05) is 35.9 Å². The molecule has 1 aliphatic carbocycles. The van der Waals surface area contributed by atoms with Gasteiger partial charge in [-0.2, -0.15) is 0 Å². The van der Waals surface area contributed by atoms with E-state index in [0.717, 1.165) is 22.0 Å². The highest BCUT2D eigenvalue weighted by Crippen LogP contribution is 2.40. The Balaban J connectivity index is 1.44. The van der Waals surface area contributed by atoms with Gasteiger partial charge in [0.2, 0.25) is 0 Å². The standard InChI is InChI=1S/C27H32ClN3O4S/c1-2-29-27(36)30-13-21-23(32)24(33)25(34)26(35-21)31-14-18(22-19(28)4-3-5-20(22)31)12-15-6-8-16(9-7-15)17-10-11-17/h3-9,14,17,21,23-26,32-34H,2,10-13H2,1H3,(H2,29,30,36)/t21-,23-,24+,25-,26-/m1/s1. The summed E-state index contributed by atoms with van der Waals surface area (Å²) in [5.41, 5.74) is 4.33. The van der Waals surface area contributed by atoms with E-state index >= 15 is 0 Å². The van der Waals surface area contributed by atoms with Gasteiger partial charge in [-0.15, -0.1) is 0 Å². The summed E-state index contributed by atoms with van der Waals surface area (Å²) >= 11 is 11.9. The molecule has 1 saturated heterocycles. The Hall–Kier alpha value is -2.20. The van der Waals surface area contributed by atoms with Crippen LogP contribution in [-0.2, 0) is 11.2 Å². The highest BCUT2D eigenvalue weighted by atomic mass is 35.5. The van der Waals surface area contributed by atoms with Gasteiger partial charge in [0.15, 0.2) is 11.3 Å². The maximum Gasteiger partial charge on any atom is 0.166 e. The van der Waals surface area contributed by atoms with E-state index in [2.05, 4.69) is 34.9 Å². The van der Waals surface area contributed by atoms with Crippen molar-refractivity contribution in [2.24, 2.45) is 0 Å². The Labute approximate surface area is 221 Å². The normalized spacial score (nSPS) is 26.2. The molecule has 1 saturated carbocycles. The van der Waals surface area contributed by atoms with Crippen LogP contribution in [0, 0.1) is 0 Å². The first-order valence-electron chi connectivity index (χ1n) is 12.5. The molecule has 3 aromatic rings. The summed E-state index contributed by atoms with van der Waals surface area (Å²) in [4.78, 5) is 0. The quantitative estimate of drug-likeness (QED) is 0.300. The van der Waals surface area contributed by atoms with Crippen molar-refractivity contribution in [3.8, 4) is 0 Å². The highest BCUT2D eigenvalue weighted by Gasteiger charge is 2.44. The Bertz CT molecular complexity index is 1230. The molecule has 5 rings (SSSR count). The highest BCUT2D eigenvalue weighted by molar-refractivity contribution is 7.80. The summed E-state index contributed by atoms with van der Waals surface area (Å²) in [5, 5.41) is 40.0. The number of halogens is 1. The Kier molecular flexibility index (Phi) is 7.53. The van der Waals surface area contributed by atoms with Crippen molar-refractivity contribution < 1.29 is 20.1 Å². The van der Waals surface area contributed by atoms with Crippen LogP contribution in [0.25, 0.3) is 10.9 Å². The molecule has 5 atom stereocenters. The van der Waals surface area contributed by atoms with E-state index in [9.17, 15) is 15.3 Å². The van der Waals surface area contributed by atoms with Gasteiger partial charge in [0, 0.05) is 24.7 Å². The molecule has 0 amide bonds. The minimum Gasteiger partial charge on any atom is -0.388 e. The van der Waals surface area contributed by atoms with Gasteiger partial charge in [-0.25, -0.2) is 0 Å². The van der Waals surface area contributed by atoms with Crippen LogP contribution >= 0.6 is 23.8 Å². The van der Waals surface area contributed by atoms with E-state index in [1.54, 1.807) is 0 Å². The predicted octanol–water partition coefficient (Wildman–Crippen LogP) is 3.23. The van der Waals surface area contributed by atoms with E-state index in [-0.39, 0.29) is 6.54 Å². The van der Waals surface area contributed by atoms with Gasteiger partial charge >= 0.3 is 0 Å². The molecule has 9 heteroatoms. The zero-order valence-electron chi connectivity index (χ0n) is 20.1. The lowest BCUT2D eigenvalue weighted by Gasteiger charge is -2.41. The third kappa shape index (κ3) is 5.11. The third-order valence-corrected chi connectivity index (χ3v) is 7.67. The lowest BCUT2D eigenvalue weighted by atomic mass is 9.97. The molecular weight excluding hydrogens is 498 g/mol. The summed E-state index contributed by atoms with van der Waals surface area (Å²) in [7, 11) is 0. The van der Waals surface area contributed by atoms with Gasteiger partial charge in [0.1, 0.15) is 24.4 Å². The fraction of sp³-hybridized carbons (Fsp3) is 0.444. The number of benzene rings is 2. The smallest absolute Gasteiger partial charge is 0.166 e. The van der Waals surface area contributed by atoms with Crippen molar-refractivity contribution in [3.05, 3.63) is 70.4 Å². The molecule has 7 nitrogen and oxygen atoms in total. The number of aromatic nitrogens is 1. The molecule has 2 aliphatic rings. The minimum atomic E-state index is -1.39. The fourth-order valence-corrected chi connectivity index (χ4v) is 5.50. The average molecular weight is 530 g/mol. The van der Waals surface area contributed by atoms with Crippen LogP contribution in [0.3, 0.4) is 0 Å². The number of fused-ring (bicyclic) bond motifs is 1. The van der Waals surface area contributed by atoms with Gasteiger partial charge in [0.05, 0.1) is 10.5 Å². The molecule has 36 heavy (non-hydrogen) atoms. The van der Waals surface area contributed by atoms with Crippen LogP contribution < -0.4 is 10.6 Å². The molecular formula is C27H32ClN3O4S. The first-order chi connectivity index (χ1) is 17.4.